The Bertz CT molecular complexity index is 1130. The number of hydrogen-bond acceptors (Lipinski definition) is 6. The summed E-state index contributed by atoms with van der Waals surface area (Å²) in [4.78, 5) is 19.5. The molecular weight excluding hydrogens is 334 g/mol. The minimum Gasteiger partial charge on any atom is -0.378 e. The summed E-state index contributed by atoms with van der Waals surface area (Å²) >= 11 is 1.34. The van der Waals surface area contributed by atoms with Gasteiger partial charge in [0.1, 0.15) is 0 Å². The van der Waals surface area contributed by atoms with Crippen molar-refractivity contribution in [2.24, 2.45) is 0 Å². The van der Waals surface area contributed by atoms with E-state index in [-0.39, 0.29) is 5.56 Å². The van der Waals surface area contributed by atoms with Crippen LogP contribution in [0.5, 0.6) is 0 Å². The minimum absolute atomic E-state index is 0.111. The Balaban J connectivity index is 1.83. The first-order valence-electron chi connectivity index (χ1n) is 7.71. The molecule has 7 heteroatoms. The van der Waals surface area contributed by atoms with Gasteiger partial charge >= 0.3 is 0 Å². The van der Waals surface area contributed by atoms with E-state index in [1.807, 2.05) is 61.5 Å². The molecule has 0 spiro atoms. The number of pyridine rings is 1. The van der Waals surface area contributed by atoms with E-state index in [0.29, 0.717) is 15.3 Å². The number of rotatable bonds is 3. The molecule has 0 saturated carbocycles. The largest absolute Gasteiger partial charge is 0.378 e. The van der Waals surface area contributed by atoms with E-state index < -0.39 is 0 Å². The van der Waals surface area contributed by atoms with Gasteiger partial charge in [-0.2, -0.15) is 0 Å². The molecular formula is C18H15N5OS. The first-order valence-corrected chi connectivity index (χ1v) is 8.52. The molecule has 0 unspecified atom stereocenters. The van der Waals surface area contributed by atoms with Crippen molar-refractivity contribution in [1.82, 2.24) is 19.6 Å². The topological polar surface area (TPSA) is 63.4 Å². The van der Waals surface area contributed by atoms with Crippen LogP contribution in [0, 0.1) is 0 Å². The predicted molar refractivity (Wildman–Crippen MR) is 99.9 cm³/mol. The summed E-state index contributed by atoms with van der Waals surface area (Å²) in [5, 5.41) is 8.26. The summed E-state index contributed by atoms with van der Waals surface area (Å²) in [5.41, 5.74) is 2.75. The van der Waals surface area contributed by atoms with Crippen molar-refractivity contribution in [3.8, 4) is 11.4 Å². The number of fused-ring (bicyclic) bond motifs is 1. The molecule has 0 saturated heterocycles. The third-order valence-corrected chi connectivity index (χ3v) is 4.83. The lowest BCUT2D eigenvalue weighted by Crippen LogP contribution is -2.23. The zero-order valence-electron chi connectivity index (χ0n) is 13.7. The summed E-state index contributed by atoms with van der Waals surface area (Å²) in [6, 6.07) is 11.7. The van der Waals surface area contributed by atoms with E-state index in [9.17, 15) is 4.79 Å². The Morgan fingerprint density at radius 3 is 2.60 bits per heavy atom. The maximum Gasteiger partial charge on any atom is 0.276 e. The molecule has 0 N–H and O–H groups in total. The Morgan fingerprint density at radius 2 is 1.92 bits per heavy atom. The van der Waals surface area contributed by atoms with E-state index >= 15 is 0 Å². The highest BCUT2D eigenvalue weighted by Crippen LogP contribution is 2.16. The van der Waals surface area contributed by atoms with Crippen LogP contribution in [0.3, 0.4) is 0 Å². The molecule has 4 rings (SSSR count). The van der Waals surface area contributed by atoms with E-state index in [0.717, 1.165) is 16.8 Å². The normalized spacial score (nSPS) is 12.0. The Morgan fingerprint density at radius 1 is 1.12 bits per heavy atom. The number of hydrogen-bond donors (Lipinski definition) is 0. The van der Waals surface area contributed by atoms with Gasteiger partial charge in [0.05, 0.1) is 4.53 Å². The molecule has 124 valence electrons. The molecule has 0 bridgehead atoms. The second-order valence-corrected chi connectivity index (χ2v) is 6.79. The molecule has 0 atom stereocenters. The van der Waals surface area contributed by atoms with Gasteiger partial charge in [-0.25, -0.2) is 4.40 Å². The Kier molecular flexibility index (Phi) is 3.77. The van der Waals surface area contributed by atoms with Gasteiger partial charge < -0.3 is 4.90 Å². The van der Waals surface area contributed by atoms with Crippen molar-refractivity contribution in [2.45, 2.75) is 0 Å². The molecule has 3 aromatic heterocycles. The van der Waals surface area contributed by atoms with Gasteiger partial charge in [0.2, 0.25) is 4.96 Å². The summed E-state index contributed by atoms with van der Waals surface area (Å²) in [6.45, 7) is 0. The average Bonchev–Trinajstić information content (AvgIpc) is 3.17. The van der Waals surface area contributed by atoms with Crippen molar-refractivity contribution in [2.75, 3.05) is 19.0 Å². The van der Waals surface area contributed by atoms with E-state index in [1.54, 1.807) is 16.8 Å². The lowest BCUT2D eigenvalue weighted by atomic mass is 10.2. The quantitative estimate of drug-likeness (QED) is 0.565. The van der Waals surface area contributed by atoms with Gasteiger partial charge in [-0.3, -0.25) is 9.78 Å². The molecule has 0 aliphatic carbocycles. The number of anilines is 1. The van der Waals surface area contributed by atoms with Gasteiger partial charge in [-0.1, -0.05) is 23.5 Å². The molecule has 6 nitrogen and oxygen atoms in total. The second kappa shape index (κ2) is 6.10. The van der Waals surface area contributed by atoms with Gasteiger partial charge in [0, 0.05) is 37.7 Å². The van der Waals surface area contributed by atoms with Gasteiger partial charge in [-0.05, 0) is 35.9 Å². The molecule has 4 aromatic rings. The van der Waals surface area contributed by atoms with Gasteiger partial charge in [0.15, 0.2) is 5.82 Å². The van der Waals surface area contributed by atoms with Crippen molar-refractivity contribution in [3.63, 3.8) is 0 Å². The van der Waals surface area contributed by atoms with Crippen LogP contribution >= 0.6 is 11.3 Å². The Labute approximate surface area is 147 Å². The number of nitrogens with zero attached hydrogens (tertiary/aromatic N) is 5. The third-order valence-electron chi connectivity index (χ3n) is 3.88. The zero-order chi connectivity index (χ0) is 17.4. The smallest absolute Gasteiger partial charge is 0.276 e. The van der Waals surface area contributed by atoms with Crippen molar-refractivity contribution < 1.29 is 0 Å². The van der Waals surface area contributed by atoms with Crippen LogP contribution in [0.15, 0.2) is 53.6 Å². The van der Waals surface area contributed by atoms with E-state index in [2.05, 4.69) is 15.2 Å². The van der Waals surface area contributed by atoms with Crippen molar-refractivity contribution >= 4 is 28.1 Å². The van der Waals surface area contributed by atoms with E-state index in [1.165, 1.54) is 11.3 Å². The number of benzene rings is 1. The number of thiazole rings is 1. The van der Waals surface area contributed by atoms with Crippen LogP contribution in [0.25, 0.3) is 22.4 Å². The van der Waals surface area contributed by atoms with Gasteiger partial charge in [-0.15, -0.1) is 10.2 Å². The molecule has 0 amide bonds. The fraction of sp³-hybridized carbons (Fsp3) is 0.111. The fourth-order valence-corrected chi connectivity index (χ4v) is 3.48. The summed E-state index contributed by atoms with van der Waals surface area (Å²) in [6.07, 6.45) is 5.25. The Hall–Kier alpha value is -3.06. The predicted octanol–water partition coefficient (Wildman–Crippen LogP) is 1.83. The van der Waals surface area contributed by atoms with Crippen LogP contribution in [-0.4, -0.2) is 33.7 Å². The maximum absolute atomic E-state index is 12.8. The van der Waals surface area contributed by atoms with Crippen molar-refractivity contribution in [1.29, 1.82) is 0 Å². The molecule has 0 aliphatic heterocycles. The van der Waals surface area contributed by atoms with E-state index in [4.69, 9.17) is 0 Å². The summed E-state index contributed by atoms with van der Waals surface area (Å²) < 4.78 is 2.18. The minimum atomic E-state index is -0.111. The van der Waals surface area contributed by atoms with Crippen LogP contribution < -0.4 is 15.0 Å². The second-order valence-electron chi connectivity index (χ2n) is 5.79. The summed E-state index contributed by atoms with van der Waals surface area (Å²) in [7, 11) is 3.99. The number of aromatic nitrogens is 4. The standard InChI is InChI=1S/C18H15N5OS/c1-22(2)14-7-5-12(6-8-14)10-15-17(24)23-16(20-21-18(23)25-15)13-4-3-9-19-11-13/h3-11H,1-2H3/b15-10+. The molecule has 1 aromatic carbocycles. The molecule has 0 radical (unpaired) electrons. The fourth-order valence-electron chi connectivity index (χ4n) is 2.56. The molecule has 25 heavy (non-hydrogen) atoms. The average molecular weight is 349 g/mol. The van der Waals surface area contributed by atoms with Crippen LogP contribution in [0.1, 0.15) is 5.56 Å². The zero-order valence-corrected chi connectivity index (χ0v) is 14.6. The summed E-state index contributed by atoms with van der Waals surface area (Å²) in [5.74, 6) is 0.520. The third kappa shape index (κ3) is 2.78. The van der Waals surface area contributed by atoms with Gasteiger partial charge in [0.25, 0.3) is 5.56 Å². The van der Waals surface area contributed by atoms with Crippen LogP contribution in [-0.2, 0) is 0 Å². The van der Waals surface area contributed by atoms with Crippen LogP contribution in [0.4, 0.5) is 5.69 Å². The first-order chi connectivity index (χ1) is 12.1. The lowest BCUT2D eigenvalue weighted by Gasteiger charge is -2.11. The monoisotopic (exact) mass is 349 g/mol. The molecule has 0 fully saturated rings. The first kappa shape index (κ1) is 15.5. The highest BCUT2D eigenvalue weighted by Gasteiger charge is 2.14. The molecule has 3 heterocycles. The lowest BCUT2D eigenvalue weighted by molar-refractivity contribution is 1.08. The highest BCUT2D eigenvalue weighted by molar-refractivity contribution is 7.15. The molecule has 0 aliphatic rings. The highest BCUT2D eigenvalue weighted by atomic mass is 32.1. The van der Waals surface area contributed by atoms with Crippen LogP contribution in [0.2, 0.25) is 0 Å². The maximum atomic E-state index is 12.8. The SMILES string of the molecule is CN(C)c1ccc(/C=c2/sc3nnc(-c4cccnc4)n3c2=O)cc1. The van der Waals surface area contributed by atoms with Crippen molar-refractivity contribution in [3.05, 3.63) is 69.2 Å².